The summed E-state index contributed by atoms with van der Waals surface area (Å²) in [5.41, 5.74) is 1.18. The highest BCUT2D eigenvalue weighted by atomic mass is 16.5. The van der Waals surface area contributed by atoms with Crippen LogP contribution in [0.4, 0.5) is 5.82 Å². The van der Waals surface area contributed by atoms with Gasteiger partial charge >= 0.3 is 5.97 Å². The maximum absolute atomic E-state index is 12.6. The highest BCUT2D eigenvalue weighted by Crippen LogP contribution is 2.21. The van der Waals surface area contributed by atoms with Gasteiger partial charge in [-0.05, 0) is 37.1 Å². The van der Waals surface area contributed by atoms with Gasteiger partial charge in [0.1, 0.15) is 29.5 Å². The van der Waals surface area contributed by atoms with E-state index in [9.17, 15) is 9.59 Å². The smallest absolute Gasteiger partial charge is 0.343 e. The van der Waals surface area contributed by atoms with Crippen molar-refractivity contribution in [1.82, 2.24) is 9.78 Å². The fourth-order valence-electron chi connectivity index (χ4n) is 2.81. The van der Waals surface area contributed by atoms with E-state index in [2.05, 4.69) is 17.0 Å². The van der Waals surface area contributed by atoms with E-state index in [0.717, 1.165) is 11.3 Å². The minimum absolute atomic E-state index is 0.0870. The second kappa shape index (κ2) is 9.60. The van der Waals surface area contributed by atoms with E-state index in [1.165, 1.54) is 10.9 Å². The van der Waals surface area contributed by atoms with Crippen LogP contribution in [0.5, 0.6) is 5.75 Å². The summed E-state index contributed by atoms with van der Waals surface area (Å²) in [5, 5.41) is 6.64. The van der Waals surface area contributed by atoms with Gasteiger partial charge in [-0.2, -0.15) is 5.10 Å². The molecule has 0 saturated heterocycles. The SMILES string of the molecule is C=CCc1ccccc1OCc1ccc(C(=O)Nc2c(C(=O)OCC)cnn2C)o1. The monoisotopic (exact) mass is 409 g/mol. The van der Waals surface area contributed by atoms with Gasteiger partial charge in [-0.1, -0.05) is 24.3 Å². The summed E-state index contributed by atoms with van der Waals surface area (Å²) in [5.74, 6) is 0.461. The Bertz CT molecular complexity index is 1050. The lowest BCUT2D eigenvalue weighted by Gasteiger charge is -2.09. The molecule has 1 amide bonds. The Morgan fingerprint density at radius 3 is 2.83 bits per heavy atom. The van der Waals surface area contributed by atoms with Crippen LogP contribution in [-0.4, -0.2) is 28.3 Å². The lowest BCUT2D eigenvalue weighted by molar-refractivity contribution is 0.0527. The number of allylic oxidation sites excluding steroid dienone is 1. The second-order valence-electron chi connectivity index (χ2n) is 6.36. The molecule has 1 aromatic carbocycles. The molecule has 30 heavy (non-hydrogen) atoms. The fraction of sp³-hybridized carbons (Fsp3) is 0.227. The zero-order valence-electron chi connectivity index (χ0n) is 16.9. The minimum atomic E-state index is -0.562. The van der Waals surface area contributed by atoms with Gasteiger partial charge in [0.15, 0.2) is 5.76 Å². The standard InChI is InChI=1S/C22H23N3O5/c1-4-8-15-9-6-7-10-18(15)29-14-16-11-12-19(30-16)21(26)24-20-17(13-23-25(20)3)22(27)28-5-2/h4,6-7,9-13H,1,5,8,14H2,2-3H3,(H,24,26). The molecule has 0 fully saturated rings. The van der Waals surface area contributed by atoms with Crippen molar-refractivity contribution < 1.29 is 23.5 Å². The first kappa shape index (κ1) is 20.9. The predicted molar refractivity (Wildman–Crippen MR) is 111 cm³/mol. The van der Waals surface area contributed by atoms with Crippen molar-refractivity contribution in [3.05, 3.63) is 77.9 Å². The number of carbonyl (C=O) groups excluding carboxylic acids is 2. The minimum Gasteiger partial charge on any atom is -0.485 e. The molecular formula is C22H23N3O5. The number of amides is 1. The summed E-state index contributed by atoms with van der Waals surface area (Å²) in [7, 11) is 1.61. The number of nitrogens with one attached hydrogen (secondary N) is 1. The molecule has 0 atom stereocenters. The molecular weight excluding hydrogens is 386 g/mol. The molecule has 0 bridgehead atoms. The van der Waals surface area contributed by atoms with Crippen LogP contribution in [0.25, 0.3) is 0 Å². The molecule has 8 nitrogen and oxygen atoms in total. The Labute approximate surface area is 174 Å². The molecule has 156 valence electrons. The number of nitrogens with zero attached hydrogens (tertiary/aromatic N) is 2. The van der Waals surface area contributed by atoms with Crippen molar-refractivity contribution in [1.29, 1.82) is 0 Å². The van der Waals surface area contributed by atoms with Crippen LogP contribution >= 0.6 is 0 Å². The summed E-state index contributed by atoms with van der Waals surface area (Å²) >= 11 is 0. The Morgan fingerprint density at radius 1 is 1.27 bits per heavy atom. The molecule has 3 rings (SSSR count). The number of para-hydroxylation sites is 1. The molecule has 0 saturated carbocycles. The van der Waals surface area contributed by atoms with Crippen molar-refractivity contribution in [3.8, 4) is 5.75 Å². The first-order chi connectivity index (χ1) is 14.5. The molecule has 0 radical (unpaired) electrons. The van der Waals surface area contributed by atoms with E-state index in [1.54, 1.807) is 32.2 Å². The summed E-state index contributed by atoms with van der Waals surface area (Å²) < 4.78 is 17.8. The molecule has 3 aromatic rings. The van der Waals surface area contributed by atoms with E-state index in [4.69, 9.17) is 13.9 Å². The zero-order chi connectivity index (χ0) is 21.5. The second-order valence-corrected chi connectivity index (χ2v) is 6.36. The number of hydrogen-bond donors (Lipinski definition) is 1. The molecule has 0 aliphatic carbocycles. The Balaban J connectivity index is 1.67. The van der Waals surface area contributed by atoms with Crippen molar-refractivity contribution in [2.45, 2.75) is 20.0 Å². The largest absolute Gasteiger partial charge is 0.485 e. The maximum Gasteiger partial charge on any atom is 0.343 e. The number of anilines is 1. The van der Waals surface area contributed by atoms with Crippen LogP contribution in [0, 0.1) is 0 Å². The number of aryl methyl sites for hydroxylation is 1. The number of benzene rings is 1. The molecule has 1 N–H and O–H groups in total. The highest BCUT2D eigenvalue weighted by molar-refractivity contribution is 6.05. The molecule has 2 aromatic heterocycles. The third-order valence-electron chi connectivity index (χ3n) is 4.26. The van der Waals surface area contributed by atoms with E-state index in [0.29, 0.717) is 12.2 Å². The van der Waals surface area contributed by atoms with Crippen LogP contribution in [0.15, 0.2) is 59.7 Å². The van der Waals surface area contributed by atoms with E-state index in [-0.39, 0.29) is 30.4 Å². The molecule has 2 heterocycles. The highest BCUT2D eigenvalue weighted by Gasteiger charge is 2.21. The van der Waals surface area contributed by atoms with Gasteiger partial charge in [0.25, 0.3) is 5.91 Å². The van der Waals surface area contributed by atoms with E-state index >= 15 is 0 Å². The Kier molecular flexibility index (Phi) is 6.69. The predicted octanol–water partition coefficient (Wildman–Crippen LogP) is 3.75. The van der Waals surface area contributed by atoms with Crippen molar-refractivity contribution in [2.24, 2.45) is 7.05 Å². The number of rotatable bonds is 9. The van der Waals surface area contributed by atoms with Gasteiger partial charge < -0.3 is 19.2 Å². The quantitative estimate of drug-likeness (QED) is 0.427. The van der Waals surface area contributed by atoms with Crippen LogP contribution in [0.3, 0.4) is 0 Å². The summed E-state index contributed by atoms with van der Waals surface area (Å²) in [4.78, 5) is 24.6. The van der Waals surface area contributed by atoms with Crippen LogP contribution in [0.1, 0.15) is 39.2 Å². The molecule has 8 heteroatoms. The molecule has 0 aliphatic heterocycles. The topological polar surface area (TPSA) is 95.6 Å². The molecule has 0 aliphatic rings. The van der Waals surface area contributed by atoms with Gasteiger partial charge in [0.05, 0.1) is 12.8 Å². The summed E-state index contributed by atoms with van der Waals surface area (Å²) in [6.45, 7) is 5.84. The average molecular weight is 409 g/mol. The first-order valence-electron chi connectivity index (χ1n) is 9.44. The Morgan fingerprint density at radius 2 is 2.07 bits per heavy atom. The fourth-order valence-corrected chi connectivity index (χ4v) is 2.81. The van der Waals surface area contributed by atoms with Gasteiger partial charge in [-0.3, -0.25) is 9.48 Å². The molecule has 0 unspecified atom stereocenters. The summed E-state index contributed by atoms with van der Waals surface area (Å²) in [6, 6.07) is 10.9. The lowest BCUT2D eigenvalue weighted by atomic mass is 10.1. The van der Waals surface area contributed by atoms with Crippen LogP contribution < -0.4 is 10.1 Å². The van der Waals surface area contributed by atoms with Crippen molar-refractivity contribution >= 4 is 17.7 Å². The number of aromatic nitrogens is 2. The Hall–Kier alpha value is -3.81. The normalized spacial score (nSPS) is 10.5. The third kappa shape index (κ3) is 4.78. The van der Waals surface area contributed by atoms with E-state index in [1.807, 2.05) is 24.3 Å². The third-order valence-corrected chi connectivity index (χ3v) is 4.26. The van der Waals surface area contributed by atoms with Crippen LogP contribution in [0.2, 0.25) is 0 Å². The number of carbonyl (C=O) groups is 2. The average Bonchev–Trinajstić information content (AvgIpc) is 3.35. The molecule has 0 spiro atoms. The number of ether oxygens (including phenoxy) is 2. The van der Waals surface area contributed by atoms with Crippen molar-refractivity contribution in [2.75, 3.05) is 11.9 Å². The lowest BCUT2D eigenvalue weighted by Crippen LogP contribution is -2.17. The van der Waals surface area contributed by atoms with Crippen LogP contribution in [-0.2, 0) is 24.8 Å². The number of hydrogen-bond acceptors (Lipinski definition) is 6. The first-order valence-corrected chi connectivity index (χ1v) is 9.44. The number of furan rings is 1. The number of esters is 1. The van der Waals surface area contributed by atoms with Crippen molar-refractivity contribution in [3.63, 3.8) is 0 Å². The van der Waals surface area contributed by atoms with Gasteiger partial charge in [-0.15, -0.1) is 6.58 Å². The summed E-state index contributed by atoms with van der Waals surface area (Å²) in [6.07, 6.45) is 3.84. The van der Waals surface area contributed by atoms with Gasteiger partial charge in [-0.25, -0.2) is 4.79 Å². The van der Waals surface area contributed by atoms with E-state index < -0.39 is 11.9 Å². The maximum atomic E-state index is 12.6. The van der Waals surface area contributed by atoms with Gasteiger partial charge in [0, 0.05) is 7.05 Å². The zero-order valence-corrected chi connectivity index (χ0v) is 16.9. The van der Waals surface area contributed by atoms with Gasteiger partial charge in [0.2, 0.25) is 0 Å².